The van der Waals surface area contributed by atoms with Gasteiger partial charge in [-0.05, 0) is 41.0 Å². The second-order valence-corrected chi connectivity index (χ2v) is 7.26. The highest BCUT2D eigenvalue weighted by molar-refractivity contribution is 5.77. The van der Waals surface area contributed by atoms with Crippen LogP contribution in [0.4, 0.5) is 4.39 Å². The molecule has 0 unspecified atom stereocenters. The largest absolute Gasteiger partial charge is 0.484 e. The molecule has 0 aliphatic carbocycles. The summed E-state index contributed by atoms with van der Waals surface area (Å²) in [7, 11) is 0. The number of hydrazine groups is 1. The van der Waals surface area contributed by atoms with Crippen LogP contribution < -0.4 is 15.6 Å². The third kappa shape index (κ3) is 4.68. The lowest BCUT2D eigenvalue weighted by molar-refractivity contribution is -0.124. The van der Waals surface area contributed by atoms with E-state index in [-0.39, 0.29) is 18.3 Å². The number of carbonyl (C=O) groups is 1. The van der Waals surface area contributed by atoms with Gasteiger partial charge in [-0.15, -0.1) is 0 Å². The maximum Gasteiger partial charge on any atom is 0.272 e. The third-order valence-corrected chi connectivity index (χ3v) is 5.19. The molecule has 4 rings (SSSR count). The zero-order valence-corrected chi connectivity index (χ0v) is 17.4. The molecule has 0 bridgehead atoms. The monoisotopic (exact) mass is 426 g/mol. The fourth-order valence-corrected chi connectivity index (χ4v) is 3.66. The summed E-state index contributed by atoms with van der Waals surface area (Å²) in [5.74, 6) is -0.301. The summed E-state index contributed by atoms with van der Waals surface area (Å²) in [6, 6.07) is 35.4. The van der Waals surface area contributed by atoms with Crippen LogP contribution in [-0.2, 0) is 10.3 Å². The number of nitrogens with one attached hydrogen (secondary N) is 2. The smallest absolute Gasteiger partial charge is 0.272 e. The van der Waals surface area contributed by atoms with Crippen molar-refractivity contribution in [1.82, 2.24) is 10.9 Å². The minimum atomic E-state index is -0.824. The van der Waals surface area contributed by atoms with E-state index in [1.807, 2.05) is 91.0 Å². The second-order valence-electron chi connectivity index (χ2n) is 7.26. The number of rotatable bonds is 8. The van der Waals surface area contributed by atoms with E-state index in [1.165, 1.54) is 24.3 Å². The third-order valence-electron chi connectivity index (χ3n) is 5.19. The Balaban J connectivity index is 1.63. The zero-order chi connectivity index (χ0) is 22.2. The van der Waals surface area contributed by atoms with Crippen molar-refractivity contribution in [2.75, 3.05) is 6.61 Å². The van der Waals surface area contributed by atoms with Crippen molar-refractivity contribution in [2.45, 2.75) is 5.54 Å². The maximum atomic E-state index is 13.1. The molecule has 0 heterocycles. The van der Waals surface area contributed by atoms with Crippen molar-refractivity contribution >= 4 is 5.91 Å². The van der Waals surface area contributed by atoms with Gasteiger partial charge in [0.25, 0.3) is 5.91 Å². The van der Waals surface area contributed by atoms with Crippen LogP contribution in [0.15, 0.2) is 115 Å². The van der Waals surface area contributed by atoms with Crippen LogP contribution in [0.2, 0.25) is 0 Å². The molecular formula is C27H23FN2O2. The Morgan fingerprint density at radius 1 is 0.688 bits per heavy atom. The fraction of sp³-hybridized carbons (Fsp3) is 0.0741. The molecule has 0 aliphatic rings. The van der Waals surface area contributed by atoms with Crippen molar-refractivity contribution in [3.63, 3.8) is 0 Å². The van der Waals surface area contributed by atoms with E-state index in [1.54, 1.807) is 0 Å². The highest BCUT2D eigenvalue weighted by Crippen LogP contribution is 2.36. The van der Waals surface area contributed by atoms with Gasteiger partial charge in [-0.3, -0.25) is 10.2 Å². The predicted octanol–water partition coefficient (Wildman–Crippen LogP) is 4.82. The van der Waals surface area contributed by atoms with Gasteiger partial charge < -0.3 is 4.74 Å². The Labute approximate surface area is 186 Å². The van der Waals surface area contributed by atoms with Gasteiger partial charge >= 0.3 is 0 Å². The number of amides is 1. The number of benzene rings is 4. The Morgan fingerprint density at radius 2 is 1.12 bits per heavy atom. The van der Waals surface area contributed by atoms with Gasteiger partial charge in [-0.2, -0.15) is 0 Å². The van der Waals surface area contributed by atoms with Crippen molar-refractivity contribution in [2.24, 2.45) is 0 Å². The number of hydrogen-bond donors (Lipinski definition) is 2. The second kappa shape index (κ2) is 9.90. The topological polar surface area (TPSA) is 50.4 Å². The molecule has 4 nitrogen and oxygen atoms in total. The summed E-state index contributed by atoms with van der Waals surface area (Å²) in [4.78, 5) is 12.7. The first kappa shape index (κ1) is 21.3. The van der Waals surface area contributed by atoms with E-state index in [4.69, 9.17) is 4.74 Å². The minimum Gasteiger partial charge on any atom is -0.484 e. The van der Waals surface area contributed by atoms with E-state index >= 15 is 0 Å². The van der Waals surface area contributed by atoms with Crippen LogP contribution in [0.25, 0.3) is 0 Å². The summed E-state index contributed by atoms with van der Waals surface area (Å²) >= 11 is 0. The molecule has 4 aromatic rings. The number of ether oxygens (including phenoxy) is 1. The van der Waals surface area contributed by atoms with Gasteiger partial charge in [0.1, 0.15) is 17.1 Å². The lowest BCUT2D eigenvalue weighted by Gasteiger charge is -2.36. The summed E-state index contributed by atoms with van der Waals surface area (Å²) < 4.78 is 18.6. The standard InChI is InChI=1S/C27H23FN2O2/c28-24-16-18-25(19-17-24)32-20-26(31)29-30-27(21-10-4-1-5-11-21,22-12-6-2-7-13-22)23-14-8-3-9-15-23/h1-19,30H,20H2,(H,29,31). The van der Waals surface area contributed by atoms with E-state index in [0.717, 1.165) is 16.7 Å². The summed E-state index contributed by atoms with van der Waals surface area (Å²) in [5, 5.41) is 0. The lowest BCUT2D eigenvalue weighted by Crippen LogP contribution is -2.54. The Morgan fingerprint density at radius 3 is 1.56 bits per heavy atom. The Kier molecular flexibility index (Phi) is 6.58. The molecule has 32 heavy (non-hydrogen) atoms. The van der Waals surface area contributed by atoms with E-state index in [9.17, 15) is 9.18 Å². The first-order valence-electron chi connectivity index (χ1n) is 10.3. The quantitative estimate of drug-likeness (QED) is 0.314. The lowest BCUT2D eigenvalue weighted by atomic mass is 9.77. The number of hydrogen-bond acceptors (Lipinski definition) is 3. The minimum absolute atomic E-state index is 0.215. The molecule has 0 spiro atoms. The molecule has 0 atom stereocenters. The number of carbonyl (C=O) groups excluding carboxylic acids is 1. The van der Waals surface area contributed by atoms with Gasteiger partial charge in [-0.1, -0.05) is 91.0 Å². The molecule has 0 fully saturated rings. The van der Waals surface area contributed by atoms with Gasteiger partial charge in [0.05, 0.1) is 0 Å². The van der Waals surface area contributed by atoms with E-state index in [2.05, 4.69) is 10.9 Å². The van der Waals surface area contributed by atoms with Gasteiger partial charge in [-0.25, -0.2) is 9.82 Å². The van der Waals surface area contributed by atoms with Crippen LogP contribution >= 0.6 is 0 Å². The van der Waals surface area contributed by atoms with Crippen LogP contribution in [0, 0.1) is 5.82 Å². The average Bonchev–Trinajstić information content (AvgIpc) is 2.86. The molecule has 0 radical (unpaired) electrons. The van der Waals surface area contributed by atoms with Crippen LogP contribution in [0.3, 0.4) is 0 Å². The Bertz CT molecular complexity index is 1040. The molecule has 0 saturated carbocycles. The Hall–Kier alpha value is -3.96. The molecule has 160 valence electrons. The van der Waals surface area contributed by atoms with Crippen LogP contribution in [0.1, 0.15) is 16.7 Å². The van der Waals surface area contributed by atoms with Crippen LogP contribution in [0.5, 0.6) is 5.75 Å². The predicted molar refractivity (Wildman–Crippen MR) is 122 cm³/mol. The molecular weight excluding hydrogens is 403 g/mol. The van der Waals surface area contributed by atoms with Crippen molar-refractivity contribution in [3.05, 3.63) is 138 Å². The van der Waals surface area contributed by atoms with E-state index < -0.39 is 5.54 Å². The molecule has 2 N–H and O–H groups in total. The highest BCUT2D eigenvalue weighted by Gasteiger charge is 2.36. The zero-order valence-electron chi connectivity index (χ0n) is 17.4. The normalized spacial score (nSPS) is 11.0. The molecule has 4 aromatic carbocycles. The maximum absolute atomic E-state index is 13.1. The number of halogens is 1. The van der Waals surface area contributed by atoms with E-state index in [0.29, 0.717) is 5.75 Å². The average molecular weight is 426 g/mol. The molecule has 0 saturated heterocycles. The van der Waals surface area contributed by atoms with Gasteiger partial charge in [0.2, 0.25) is 0 Å². The molecule has 1 amide bonds. The SMILES string of the molecule is O=C(COc1ccc(F)cc1)NNC(c1ccccc1)(c1ccccc1)c1ccccc1. The summed E-state index contributed by atoms with van der Waals surface area (Å²) in [5.41, 5.74) is 8.19. The van der Waals surface area contributed by atoms with Crippen LogP contribution in [-0.4, -0.2) is 12.5 Å². The van der Waals surface area contributed by atoms with Gasteiger partial charge in [0.15, 0.2) is 6.61 Å². The summed E-state index contributed by atoms with van der Waals surface area (Å²) in [6.07, 6.45) is 0. The first-order chi connectivity index (χ1) is 15.7. The first-order valence-corrected chi connectivity index (χ1v) is 10.3. The molecule has 0 aliphatic heterocycles. The summed E-state index contributed by atoms with van der Waals surface area (Å²) in [6.45, 7) is -0.215. The highest BCUT2D eigenvalue weighted by atomic mass is 19.1. The van der Waals surface area contributed by atoms with Crippen molar-refractivity contribution in [3.8, 4) is 5.75 Å². The fourth-order valence-electron chi connectivity index (χ4n) is 3.66. The molecule has 0 aromatic heterocycles. The van der Waals surface area contributed by atoms with Gasteiger partial charge in [0, 0.05) is 0 Å². The van der Waals surface area contributed by atoms with Crippen molar-refractivity contribution < 1.29 is 13.9 Å². The molecule has 5 heteroatoms. The van der Waals surface area contributed by atoms with Crippen molar-refractivity contribution in [1.29, 1.82) is 0 Å².